The van der Waals surface area contributed by atoms with E-state index in [2.05, 4.69) is 34.4 Å². The van der Waals surface area contributed by atoms with Crippen LogP contribution in [0, 0.1) is 6.92 Å². The van der Waals surface area contributed by atoms with E-state index in [0.29, 0.717) is 6.54 Å². The summed E-state index contributed by atoms with van der Waals surface area (Å²) >= 11 is 0. The lowest BCUT2D eigenvalue weighted by Crippen LogP contribution is -2.08. The Labute approximate surface area is 119 Å². The SMILES string of the molecule is CCCNc1cc(NCc2ccc(C)o2)nc(CC)n1. The van der Waals surface area contributed by atoms with Crippen LogP contribution in [0.2, 0.25) is 0 Å². The van der Waals surface area contributed by atoms with Gasteiger partial charge in [0.1, 0.15) is 29.0 Å². The minimum atomic E-state index is 0.626. The van der Waals surface area contributed by atoms with Crippen LogP contribution in [0.15, 0.2) is 22.6 Å². The van der Waals surface area contributed by atoms with E-state index in [4.69, 9.17) is 4.42 Å². The number of hydrogen-bond donors (Lipinski definition) is 2. The highest BCUT2D eigenvalue weighted by molar-refractivity contribution is 5.47. The molecule has 0 radical (unpaired) electrons. The van der Waals surface area contributed by atoms with Crippen LogP contribution in [0.3, 0.4) is 0 Å². The highest BCUT2D eigenvalue weighted by Crippen LogP contribution is 2.14. The van der Waals surface area contributed by atoms with E-state index in [1.54, 1.807) is 0 Å². The van der Waals surface area contributed by atoms with Crippen molar-refractivity contribution in [3.8, 4) is 0 Å². The zero-order valence-corrected chi connectivity index (χ0v) is 12.4. The fraction of sp³-hybridized carbons (Fsp3) is 0.467. The maximum absolute atomic E-state index is 5.54. The topological polar surface area (TPSA) is 63.0 Å². The quantitative estimate of drug-likeness (QED) is 0.810. The number of nitrogens with zero attached hydrogens (tertiary/aromatic N) is 2. The van der Waals surface area contributed by atoms with Gasteiger partial charge in [0.2, 0.25) is 0 Å². The van der Waals surface area contributed by atoms with E-state index in [1.807, 2.05) is 25.1 Å². The number of aryl methyl sites for hydroxylation is 2. The molecule has 0 aromatic carbocycles. The lowest BCUT2D eigenvalue weighted by Gasteiger charge is -2.09. The van der Waals surface area contributed by atoms with Crippen molar-refractivity contribution in [2.75, 3.05) is 17.2 Å². The van der Waals surface area contributed by atoms with Crippen LogP contribution in [-0.2, 0) is 13.0 Å². The normalized spacial score (nSPS) is 10.6. The van der Waals surface area contributed by atoms with Gasteiger partial charge in [0, 0.05) is 19.0 Å². The lowest BCUT2D eigenvalue weighted by molar-refractivity contribution is 0.490. The van der Waals surface area contributed by atoms with Gasteiger partial charge in [-0.2, -0.15) is 0 Å². The second-order valence-corrected chi connectivity index (χ2v) is 4.70. The summed E-state index contributed by atoms with van der Waals surface area (Å²) in [6, 6.07) is 5.87. The molecular weight excluding hydrogens is 252 g/mol. The molecule has 0 fully saturated rings. The van der Waals surface area contributed by atoms with Crippen molar-refractivity contribution in [2.24, 2.45) is 0 Å². The molecule has 2 aromatic rings. The molecule has 0 atom stereocenters. The van der Waals surface area contributed by atoms with Crippen molar-refractivity contribution in [3.05, 3.63) is 35.5 Å². The fourth-order valence-corrected chi connectivity index (χ4v) is 1.85. The van der Waals surface area contributed by atoms with Gasteiger partial charge in [-0.15, -0.1) is 0 Å². The summed E-state index contributed by atoms with van der Waals surface area (Å²) in [6.07, 6.45) is 1.89. The van der Waals surface area contributed by atoms with Gasteiger partial charge < -0.3 is 15.1 Å². The van der Waals surface area contributed by atoms with Crippen LogP contribution in [0.1, 0.15) is 37.6 Å². The summed E-state index contributed by atoms with van der Waals surface area (Å²) < 4.78 is 5.54. The first-order valence-corrected chi connectivity index (χ1v) is 7.12. The van der Waals surface area contributed by atoms with Gasteiger partial charge >= 0.3 is 0 Å². The maximum atomic E-state index is 5.54. The molecule has 0 unspecified atom stereocenters. The molecule has 108 valence electrons. The lowest BCUT2D eigenvalue weighted by atomic mass is 10.4. The first-order chi connectivity index (χ1) is 9.71. The van der Waals surface area contributed by atoms with Crippen molar-refractivity contribution < 1.29 is 4.42 Å². The average molecular weight is 274 g/mol. The number of aromatic nitrogens is 2. The van der Waals surface area contributed by atoms with Gasteiger partial charge in [-0.3, -0.25) is 0 Å². The Morgan fingerprint density at radius 3 is 2.45 bits per heavy atom. The standard InChI is InChI=1S/C15H22N4O/c1-4-8-16-14-9-15(19-13(5-2)18-14)17-10-12-7-6-11(3)20-12/h6-7,9H,4-5,8,10H2,1-3H3,(H2,16,17,18,19). The van der Waals surface area contributed by atoms with Gasteiger partial charge in [0.25, 0.3) is 0 Å². The number of hydrogen-bond acceptors (Lipinski definition) is 5. The van der Waals surface area contributed by atoms with Gasteiger partial charge in [-0.05, 0) is 25.5 Å². The molecule has 0 saturated heterocycles. The first kappa shape index (κ1) is 14.4. The molecule has 0 amide bonds. The third-order valence-electron chi connectivity index (χ3n) is 2.88. The molecule has 0 saturated carbocycles. The van der Waals surface area contributed by atoms with Crippen molar-refractivity contribution in [3.63, 3.8) is 0 Å². The Morgan fingerprint density at radius 1 is 1.10 bits per heavy atom. The van der Waals surface area contributed by atoms with E-state index in [9.17, 15) is 0 Å². The average Bonchev–Trinajstić information content (AvgIpc) is 2.88. The number of rotatable bonds is 7. The van der Waals surface area contributed by atoms with E-state index >= 15 is 0 Å². The van der Waals surface area contributed by atoms with Crippen LogP contribution in [0.25, 0.3) is 0 Å². The zero-order valence-electron chi connectivity index (χ0n) is 12.4. The van der Waals surface area contributed by atoms with E-state index in [0.717, 1.165) is 48.4 Å². The fourth-order valence-electron chi connectivity index (χ4n) is 1.85. The van der Waals surface area contributed by atoms with Crippen LogP contribution in [0.4, 0.5) is 11.6 Å². The van der Waals surface area contributed by atoms with Crippen LogP contribution < -0.4 is 10.6 Å². The minimum Gasteiger partial charge on any atom is -0.465 e. The Morgan fingerprint density at radius 2 is 1.85 bits per heavy atom. The number of anilines is 2. The predicted molar refractivity (Wildman–Crippen MR) is 81.0 cm³/mol. The van der Waals surface area contributed by atoms with E-state index in [-0.39, 0.29) is 0 Å². The van der Waals surface area contributed by atoms with E-state index in [1.165, 1.54) is 0 Å². The zero-order chi connectivity index (χ0) is 14.4. The molecule has 2 N–H and O–H groups in total. The Hall–Kier alpha value is -2.04. The van der Waals surface area contributed by atoms with Crippen LogP contribution >= 0.6 is 0 Å². The smallest absolute Gasteiger partial charge is 0.132 e. The highest BCUT2D eigenvalue weighted by atomic mass is 16.3. The second kappa shape index (κ2) is 6.93. The molecule has 20 heavy (non-hydrogen) atoms. The third kappa shape index (κ3) is 3.98. The molecule has 2 heterocycles. The second-order valence-electron chi connectivity index (χ2n) is 4.70. The summed E-state index contributed by atoms with van der Waals surface area (Å²) in [5.74, 6) is 4.36. The van der Waals surface area contributed by atoms with Gasteiger partial charge in [0.15, 0.2) is 0 Å². The summed E-state index contributed by atoms with van der Waals surface area (Å²) in [7, 11) is 0. The molecule has 2 aromatic heterocycles. The summed E-state index contributed by atoms with van der Waals surface area (Å²) in [6.45, 7) is 7.67. The monoisotopic (exact) mass is 274 g/mol. The molecule has 0 aliphatic carbocycles. The van der Waals surface area contributed by atoms with Crippen LogP contribution in [0.5, 0.6) is 0 Å². The molecule has 0 aliphatic rings. The summed E-state index contributed by atoms with van der Waals surface area (Å²) in [4.78, 5) is 8.94. The molecule has 0 aliphatic heterocycles. The Bertz CT molecular complexity index is 551. The molecule has 0 spiro atoms. The third-order valence-corrected chi connectivity index (χ3v) is 2.88. The molecule has 0 bridgehead atoms. The van der Waals surface area contributed by atoms with E-state index < -0.39 is 0 Å². The Kier molecular flexibility index (Phi) is 4.98. The van der Waals surface area contributed by atoms with Crippen molar-refractivity contribution >= 4 is 11.6 Å². The number of furan rings is 1. The summed E-state index contributed by atoms with van der Waals surface area (Å²) in [5.41, 5.74) is 0. The Balaban J connectivity index is 2.05. The van der Waals surface area contributed by atoms with Crippen molar-refractivity contribution in [2.45, 2.75) is 40.2 Å². The van der Waals surface area contributed by atoms with Crippen molar-refractivity contribution in [1.29, 1.82) is 0 Å². The maximum Gasteiger partial charge on any atom is 0.132 e. The predicted octanol–water partition coefficient (Wildman–Crippen LogP) is 3.37. The number of nitrogens with one attached hydrogen (secondary N) is 2. The molecular formula is C15H22N4O. The van der Waals surface area contributed by atoms with Gasteiger partial charge in [0.05, 0.1) is 6.54 Å². The molecule has 5 nitrogen and oxygen atoms in total. The largest absolute Gasteiger partial charge is 0.465 e. The van der Waals surface area contributed by atoms with Crippen LogP contribution in [-0.4, -0.2) is 16.5 Å². The first-order valence-electron chi connectivity index (χ1n) is 7.12. The van der Waals surface area contributed by atoms with Gasteiger partial charge in [-0.25, -0.2) is 9.97 Å². The molecule has 2 rings (SSSR count). The highest BCUT2D eigenvalue weighted by Gasteiger charge is 2.04. The molecule has 5 heteroatoms. The summed E-state index contributed by atoms with van der Waals surface area (Å²) in [5, 5.41) is 6.58. The van der Waals surface area contributed by atoms with Crippen molar-refractivity contribution in [1.82, 2.24) is 9.97 Å². The van der Waals surface area contributed by atoms with Gasteiger partial charge in [-0.1, -0.05) is 13.8 Å². The minimum absolute atomic E-state index is 0.626.